The summed E-state index contributed by atoms with van der Waals surface area (Å²) in [5.74, 6) is 0.438. The van der Waals surface area contributed by atoms with E-state index in [0.717, 1.165) is 21.0 Å². The Morgan fingerprint density at radius 3 is 2.26 bits per heavy atom. The van der Waals surface area contributed by atoms with Gasteiger partial charge in [-0.25, -0.2) is 8.42 Å². The third-order valence-electron chi connectivity index (χ3n) is 5.56. The van der Waals surface area contributed by atoms with Crippen molar-refractivity contribution in [1.82, 2.24) is 5.32 Å². The van der Waals surface area contributed by atoms with Crippen LogP contribution in [0, 0.1) is 13.8 Å². The Balaban J connectivity index is 1.94. The van der Waals surface area contributed by atoms with E-state index in [-0.39, 0.29) is 16.6 Å². The van der Waals surface area contributed by atoms with E-state index in [1.807, 2.05) is 39.0 Å². The summed E-state index contributed by atoms with van der Waals surface area (Å²) in [6.07, 6.45) is 0. The minimum atomic E-state index is -4.08. The maximum atomic E-state index is 13.6. The summed E-state index contributed by atoms with van der Waals surface area (Å²) in [4.78, 5) is 13.1. The van der Waals surface area contributed by atoms with Crippen LogP contribution in [0.15, 0.2) is 71.6 Å². The molecule has 3 aromatic rings. The number of hydrogen-bond donors (Lipinski definition) is 1. The van der Waals surface area contributed by atoms with Crippen molar-refractivity contribution in [3.8, 4) is 11.5 Å². The second kappa shape index (κ2) is 10.6. The van der Waals surface area contributed by atoms with Gasteiger partial charge in [0.05, 0.1) is 30.8 Å². The van der Waals surface area contributed by atoms with Crippen molar-refractivity contribution in [2.75, 3.05) is 25.1 Å². The van der Waals surface area contributed by atoms with Crippen molar-refractivity contribution in [2.45, 2.75) is 31.7 Å². The Labute approximate surface area is 201 Å². The molecule has 3 rings (SSSR count). The third kappa shape index (κ3) is 5.51. The summed E-state index contributed by atoms with van der Waals surface area (Å²) in [6, 6.07) is 18.5. The summed E-state index contributed by atoms with van der Waals surface area (Å²) in [5, 5.41) is 2.93. The van der Waals surface area contributed by atoms with Crippen LogP contribution in [0.3, 0.4) is 0 Å². The van der Waals surface area contributed by atoms with Crippen LogP contribution in [0.4, 0.5) is 5.69 Å². The van der Waals surface area contributed by atoms with E-state index in [2.05, 4.69) is 5.32 Å². The fourth-order valence-corrected chi connectivity index (χ4v) is 5.25. The molecule has 7 nitrogen and oxygen atoms in total. The molecule has 0 fully saturated rings. The van der Waals surface area contributed by atoms with Gasteiger partial charge in [0.25, 0.3) is 10.0 Å². The lowest BCUT2D eigenvalue weighted by Gasteiger charge is -2.26. The summed E-state index contributed by atoms with van der Waals surface area (Å²) in [5.41, 5.74) is 3.43. The third-order valence-corrected chi connectivity index (χ3v) is 7.33. The smallest absolute Gasteiger partial charge is 0.264 e. The zero-order chi connectivity index (χ0) is 24.9. The lowest BCUT2D eigenvalue weighted by Crippen LogP contribution is -2.41. The van der Waals surface area contributed by atoms with Crippen LogP contribution in [-0.4, -0.2) is 35.1 Å². The van der Waals surface area contributed by atoms with Crippen molar-refractivity contribution in [3.63, 3.8) is 0 Å². The number of anilines is 1. The lowest BCUT2D eigenvalue weighted by molar-refractivity contribution is -0.120. The Morgan fingerprint density at radius 1 is 0.971 bits per heavy atom. The first-order chi connectivity index (χ1) is 16.2. The van der Waals surface area contributed by atoms with E-state index in [0.29, 0.717) is 11.5 Å². The van der Waals surface area contributed by atoms with Gasteiger partial charge in [0.15, 0.2) is 0 Å². The molecule has 0 heterocycles. The number of rotatable bonds is 9. The number of carbonyl (C=O) groups excluding carboxylic acids is 1. The monoisotopic (exact) mass is 482 g/mol. The second-order valence-electron chi connectivity index (χ2n) is 8.01. The number of sulfonamides is 1. The van der Waals surface area contributed by atoms with Crippen LogP contribution in [0.5, 0.6) is 11.5 Å². The lowest BCUT2D eigenvalue weighted by atomic mass is 10.0. The first-order valence-electron chi connectivity index (χ1n) is 10.8. The van der Waals surface area contributed by atoms with Gasteiger partial charge in [0.2, 0.25) is 5.91 Å². The Kier molecular flexibility index (Phi) is 7.83. The number of benzene rings is 3. The quantitative estimate of drug-likeness (QED) is 0.489. The van der Waals surface area contributed by atoms with Crippen molar-refractivity contribution < 1.29 is 22.7 Å². The van der Waals surface area contributed by atoms with Crippen LogP contribution in [0.2, 0.25) is 0 Å². The van der Waals surface area contributed by atoms with Crippen LogP contribution < -0.4 is 19.1 Å². The Bertz CT molecular complexity index is 1260. The minimum Gasteiger partial charge on any atom is -0.497 e. The molecule has 8 heteroatoms. The van der Waals surface area contributed by atoms with Gasteiger partial charge >= 0.3 is 0 Å². The highest BCUT2D eigenvalue weighted by atomic mass is 32.2. The van der Waals surface area contributed by atoms with E-state index in [1.165, 1.54) is 26.4 Å². The molecular formula is C26H30N2O5S. The normalized spacial score (nSPS) is 12.0. The molecule has 0 aliphatic heterocycles. The zero-order valence-electron chi connectivity index (χ0n) is 20.0. The zero-order valence-corrected chi connectivity index (χ0v) is 20.8. The average Bonchev–Trinajstić information content (AvgIpc) is 2.82. The van der Waals surface area contributed by atoms with Crippen molar-refractivity contribution in [3.05, 3.63) is 83.4 Å². The van der Waals surface area contributed by atoms with Crippen LogP contribution in [0.25, 0.3) is 0 Å². The molecular weight excluding hydrogens is 452 g/mol. The predicted octanol–water partition coefficient (Wildman–Crippen LogP) is 4.39. The molecule has 0 radical (unpaired) electrons. The van der Waals surface area contributed by atoms with Gasteiger partial charge in [-0.05, 0) is 68.3 Å². The molecule has 0 aliphatic rings. The topological polar surface area (TPSA) is 84.9 Å². The van der Waals surface area contributed by atoms with Gasteiger partial charge in [-0.2, -0.15) is 0 Å². The van der Waals surface area contributed by atoms with E-state index in [4.69, 9.17) is 9.47 Å². The minimum absolute atomic E-state index is 0.0365. The number of methoxy groups -OCH3 is 2. The number of nitrogens with zero attached hydrogens (tertiary/aromatic N) is 1. The molecule has 0 bridgehead atoms. The molecule has 34 heavy (non-hydrogen) atoms. The van der Waals surface area contributed by atoms with E-state index >= 15 is 0 Å². The average molecular weight is 483 g/mol. The van der Waals surface area contributed by atoms with Crippen LogP contribution in [0.1, 0.15) is 29.7 Å². The number of para-hydroxylation sites is 2. The van der Waals surface area contributed by atoms with E-state index in [9.17, 15) is 13.2 Å². The maximum Gasteiger partial charge on any atom is 0.264 e. The first-order valence-corrected chi connectivity index (χ1v) is 12.3. The van der Waals surface area contributed by atoms with Gasteiger partial charge < -0.3 is 14.8 Å². The summed E-state index contributed by atoms with van der Waals surface area (Å²) in [7, 11) is -1.12. The molecule has 0 aliphatic carbocycles. The first kappa shape index (κ1) is 25.1. The number of nitrogens with one attached hydrogen (secondary N) is 1. The highest BCUT2D eigenvalue weighted by Crippen LogP contribution is 2.32. The second-order valence-corrected chi connectivity index (χ2v) is 9.87. The molecule has 1 atom stereocenters. The van der Waals surface area contributed by atoms with Gasteiger partial charge in [-0.1, -0.05) is 35.9 Å². The van der Waals surface area contributed by atoms with E-state index in [1.54, 1.807) is 36.4 Å². The molecule has 1 N–H and O–H groups in total. The number of amides is 1. The molecule has 3 aromatic carbocycles. The van der Waals surface area contributed by atoms with Gasteiger partial charge in [0, 0.05) is 0 Å². The van der Waals surface area contributed by atoms with Crippen LogP contribution in [-0.2, 0) is 14.8 Å². The molecule has 0 aromatic heterocycles. The van der Waals surface area contributed by atoms with Crippen LogP contribution >= 0.6 is 0 Å². The summed E-state index contributed by atoms with van der Waals surface area (Å²) < 4.78 is 38.9. The standard InChI is InChI=1S/C26H30N2O5S/c1-18-10-15-23(19(2)16-18)20(3)27-26(29)17-28(24-8-6-7-9-25(24)33-5)34(30,31)22-13-11-21(32-4)12-14-22/h6-16,20H,17H2,1-5H3,(H,27,29). The highest BCUT2D eigenvalue weighted by molar-refractivity contribution is 7.92. The number of carbonyl (C=O) groups is 1. The fraction of sp³-hybridized carbons (Fsp3) is 0.269. The van der Waals surface area contributed by atoms with Crippen molar-refractivity contribution in [1.29, 1.82) is 0 Å². The van der Waals surface area contributed by atoms with Gasteiger partial charge in [-0.15, -0.1) is 0 Å². The molecule has 0 saturated heterocycles. The molecule has 180 valence electrons. The van der Waals surface area contributed by atoms with Gasteiger partial charge in [-0.3, -0.25) is 9.10 Å². The molecule has 0 saturated carbocycles. The fourth-order valence-electron chi connectivity index (χ4n) is 3.82. The largest absolute Gasteiger partial charge is 0.497 e. The number of aryl methyl sites for hydroxylation is 2. The maximum absolute atomic E-state index is 13.6. The summed E-state index contributed by atoms with van der Waals surface area (Å²) >= 11 is 0. The number of ether oxygens (including phenoxy) is 2. The van der Waals surface area contributed by atoms with Crippen molar-refractivity contribution in [2.24, 2.45) is 0 Å². The predicted molar refractivity (Wildman–Crippen MR) is 133 cm³/mol. The SMILES string of the molecule is COc1ccc(S(=O)(=O)N(CC(=O)NC(C)c2ccc(C)cc2C)c2ccccc2OC)cc1. The number of hydrogen-bond acceptors (Lipinski definition) is 5. The van der Waals surface area contributed by atoms with E-state index < -0.39 is 22.5 Å². The molecule has 0 spiro atoms. The van der Waals surface area contributed by atoms with Crippen molar-refractivity contribution >= 4 is 21.6 Å². The summed E-state index contributed by atoms with van der Waals surface area (Å²) in [6.45, 7) is 5.46. The Hall–Kier alpha value is -3.52. The molecule has 1 amide bonds. The Morgan fingerprint density at radius 2 is 1.65 bits per heavy atom. The van der Waals surface area contributed by atoms with Gasteiger partial charge in [0.1, 0.15) is 18.0 Å². The highest BCUT2D eigenvalue weighted by Gasteiger charge is 2.30. The molecule has 1 unspecified atom stereocenters.